The van der Waals surface area contributed by atoms with Gasteiger partial charge in [-0.05, 0) is 64.5 Å². The molecule has 1 aliphatic heterocycles. The van der Waals surface area contributed by atoms with Crippen molar-refractivity contribution in [3.8, 4) is 11.5 Å². The van der Waals surface area contributed by atoms with E-state index in [0.29, 0.717) is 40.9 Å². The zero-order valence-electron chi connectivity index (χ0n) is 24.9. The second-order valence-electron chi connectivity index (χ2n) is 11.0. The number of nitrogens with zero attached hydrogens (tertiary/aromatic N) is 1. The molecule has 5 nitrogen and oxygen atoms in total. The summed E-state index contributed by atoms with van der Waals surface area (Å²) in [4.78, 5) is 12.0. The molecule has 0 aliphatic carbocycles. The molecule has 1 fully saturated rings. The fourth-order valence-electron chi connectivity index (χ4n) is 5.14. The molecule has 0 radical (unpaired) electrons. The number of ether oxygens (including phenoxy) is 2. The number of fused-ring (bicyclic) bond motifs is 1. The molecule has 2 heterocycles. The summed E-state index contributed by atoms with van der Waals surface area (Å²) in [6.07, 6.45) is -9.93. The first-order valence-electron chi connectivity index (χ1n) is 14.5. The summed E-state index contributed by atoms with van der Waals surface area (Å²) < 4.78 is 93.4. The second-order valence-corrected chi connectivity index (χ2v) is 13.5. The van der Waals surface area contributed by atoms with Crippen LogP contribution in [0, 0.1) is 0 Å². The quantitative estimate of drug-likeness (QED) is 0.124. The summed E-state index contributed by atoms with van der Waals surface area (Å²) in [7, 11) is -0.585. The molecule has 1 amide bonds. The minimum absolute atomic E-state index is 0.0615. The molecule has 1 atom stereocenters. The van der Waals surface area contributed by atoms with Crippen LogP contribution in [0.4, 0.5) is 26.3 Å². The molecule has 0 saturated carbocycles. The predicted molar refractivity (Wildman–Crippen MR) is 177 cm³/mol. The molecule has 1 aromatic heterocycles. The van der Waals surface area contributed by atoms with Crippen molar-refractivity contribution in [1.29, 1.82) is 0 Å². The molecular weight excluding hydrogens is 675 g/mol. The van der Waals surface area contributed by atoms with Gasteiger partial charge in [-0.25, -0.2) is 0 Å². The Hall–Kier alpha value is -4.62. The Morgan fingerprint density at radius 3 is 1.96 bits per heavy atom. The van der Waals surface area contributed by atoms with E-state index in [1.165, 1.54) is 0 Å². The van der Waals surface area contributed by atoms with E-state index >= 15 is 0 Å². The van der Waals surface area contributed by atoms with Crippen LogP contribution in [0.3, 0.4) is 0 Å². The van der Waals surface area contributed by atoms with E-state index in [1.54, 1.807) is 12.1 Å². The highest BCUT2D eigenvalue weighted by Gasteiger charge is 2.37. The number of carbonyl (C=O) groups excluding carboxylic acids is 1. The number of carbonyl (C=O) groups is 1. The van der Waals surface area contributed by atoms with E-state index in [9.17, 15) is 31.1 Å². The van der Waals surface area contributed by atoms with Crippen molar-refractivity contribution >= 4 is 49.2 Å². The number of thiocarbonyl (C=S) groups is 1. The highest BCUT2D eigenvalue weighted by Crippen LogP contribution is 2.38. The van der Waals surface area contributed by atoms with Gasteiger partial charge in [0.05, 0.1) is 16.9 Å². The van der Waals surface area contributed by atoms with Crippen LogP contribution in [0.2, 0.25) is 0 Å². The van der Waals surface area contributed by atoms with E-state index < -0.39 is 39.7 Å². The summed E-state index contributed by atoms with van der Waals surface area (Å²) in [6.45, 7) is 0.594. The molecule has 1 unspecified atom stereocenters. The molecular formula is C35H26F6N2O3S2. The van der Waals surface area contributed by atoms with E-state index in [2.05, 4.69) is 9.88 Å². The van der Waals surface area contributed by atoms with Gasteiger partial charge >= 0.3 is 12.4 Å². The molecule has 0 spiro atoms. The number of nitrogens with one attached hydrogen (secondary N) is 1. The number of rotatable bonds is 9. The maximum atomic E-state index is 13.2. The highest BCUT2D eigenvalue weighted by molar-refractivity contribution is 8.35. The van der Waals surface area contributed by atoms with Crippen molar-refractivity contribution in [2.24, 2.45) is 0 Å². The van der Waals surface area contributed by atoms with Crippen molar-refractivity contribution in [3.63, 3.8) is 0 Å². The average Bonchev–Trinajstić information content (AvgIpc) is 3.55. The van der Waals surface area contributed by atoms with Gasteiger partial charge in [0, 0.05) is 23.1 Å². The fourth-order valence-corrected chi connectivity index (χ4v) is 6.98. The van der Waals surface area contributed by atoms with Crippen LogP contribution in [0.25, 0.3) is 10.9 Å². The molecule has 5 aromatic rings. The lowest BCUT2D eigenvalue weighted by molar-refractivity contribution is -0.143. The lowest BCUT2D eigenvalue weighted by atomic mass is 10.1. The number of alkyl halides is 6. The Morgan fingerprint density at radius 2 is 1.35 bits per heavy atom. The molecule has 1 N–H and O–H groups in total. The van der Waals surface area contributed by atoms with Gasteiger partial charge in [0.1, 0.15) is 29.0 Å². The average molecular weight is 701 g/mol. The molecule has 248 valence electrons. The topological polar surface area (TPSA) is 52.5 Å². The Kier molecular flexibility index (Phi) is 9.35. The SMILES string of the molecule is O=C1CS(=Cc2cc3cc(OCc4ccccc4)ccc3n2Cc2ccc(COc3cc(C(F)(F)F)cc(C(F)(F)F)c3)cc2)C(=S)N1. The molecule has 4 aromatic carbocycles. The van der Waals surface area contributed by atoms with E-state index in [-0.39, 0.29) is 24.3 Å². The third-order valence-corrected chi connectivity index (χ3v) is 9.93. The lowest BCUT2D eigenvalue weighted by Gasteiger charge is -2.15. The summed E-state index contributed by atoms with van der Waals surface area (Å²) in [5, 5.41) is 5.61. The first kappa shape index (κ1) is 33.3. The van der Waals surface area contributed by atoms with E-state index in [4.69, 9.17) is 21.7 Å². The number of hydrogen-bond donors (Lipinski definition) is 1. The minimum Gasteiger partial charge on any atom is -0.489 e. The Morgan fingerprint density at radius 1 is 0.750 bits per heavy atom. The normalized spacial score (nSPS) is 15.2. The molecule has 0 bridgehead atoms. The third kappa shape index (κ3) is 7.91. The summed E-state index contributed by atoms with van der Waals surface area (Å²) in [6, 6.07) is 25.8. The first-order chi connectivity index (χ1) is 22.8. The monoisotopic (exact) mass is 700 g/mol. The minimum atomic E-state index is -4.97. The number of halogens is 6. The zero-order chi connectivity index (χ0) is 34.1. The summed E-state index contributed by atoms with van der Waals surface area (Å²) in [5.41, 5.74) is 1.35. The van der Waals surface area contributed by atoms with Crippen LogP contribution in [0.5, 0.6) is 11.5 Å². The lowest BCUT2D eigenvalue weighted by Crippen LogP contribution is -2.18. The number of benzene rings is 4. The van der Waals surface area contributed by atoms with E-state index in [0.717, 1.165) is 27.7 Å². The standard InChI is InChI=1S/C35H26F6N2O3S2/c36-34(37,38)26-14-27(35(39,40)41)16-30(15-26)46-19-24-8-6-22(7-9-24)17-43-28(20-48-21-32(44)42-33(48)47)12-25-13-29(10-11-31(25)43)45-18-23-4-2-1-3-5-23/h1-16,20H,17-19,21H2,(H,42,44,47). The Bertz CT molecular complexity index is 1990. The van der Waals surface area contributed by atoms with Gasteiger partial charge in [-0.2, -0.15) is 26.3 Å². The van der Waals surface area contributed by atoms with Crippen molar-refractivity contribution in [2.75, 3.05) is 5.75 Å². The number of aromatic nitrogens is 1. The summed E-state index contributed by atoms with van der Waals surface area (Å²) in [5.74, 6) is 0.303. The maximum absolute atomic E-state index is 13.2. The smallest absolute Gasteiger partial charge is 0.416 e. The van der Waals surface area contributed by atoms with Gasteiger partial charge in [-0.3, -0.25) is 4.79 Å². The maximum Gasteiger partial charge on any atom is 0.416 e. The van der Waals surface area contributed by atoms with Crippen LogP contribution in [-0.2, 0) is 36.9 Å². The summed E-state index contributed by atoms with van der Waals surface area (Å²) >= 11 is 5.39. The zero-order valence-corrected chi connectivity index (χ0v) is 26.5. The van der Waals surface area contributed by atoms with Crippen LogP contribution in [0.15, 0.2) is 97.1 Å². The second kappa shape index (κ2) is 13.5. The van der Waals surface area contributed by atoms with Gasteiger partial charge in [0.25, 0.3) is 0 Å². The van der Waals surface area contributed by atoms with Gasteiger partial charge in [0.2, 0.25) is 5.91 Å². The Labute approximate surface area is 279 Å². The van der Waals surface area contributed by atoms with Crippen molar-refractivity contribution in [2.45, 2.75) is 32.1 Å². The van der Waals surface area contributed by atoms with Crippen LogP contribution in [0.1, 0.15) is 33.5 Å². The van der Waals surface area contributed by atoms with Crippen molar-refractivity contribution < 1.29 is 40.6 Å². The van der Waals surface area contributed by atoms with Crippen molar-refractivity contribution in [3.05, 3.63) is 131 Å². The van der Waals surface area contributed by atoms with Gasteiger partial charge in [0.15, 0.2) is 0 Å². The van der Waals surface area contributed by atoms with Gasteiger partial charge in [-0.15, -0.1) is 10.5 Å². The molecule has 48 heavy (non-hydrogen) atoms. The van der Waals surface area contributed by atoms with Crippen LogP contribution >= 0.6 is 22.7 Å². The largest absolute Gasteiger partial charge is 0.489 e. The molecule has 1 saturated heterocycles. The van der Waals surface area contributed by atoms with Gasteiger partial charge < -0.3 is 19.4 Å². The van der Waals surface area contributed by atoms with E-state index in [1.807, 2.05) is 72.1 Å². The van der Waals surface area contributed by atoms with Crippen LogP contribution in [-0.4, -0.2) is 25.9 Å². The number of hydrogen-bond acceptors (Lipinski definition) is 4. The predicted octanol–water partition coefficient (Wildman–Crippen LogP) is 8.72. The fraction of sp³-hybridized carbons (Fsp3) is 0.171. The third-order valence-electron chi connectivity index (χ3n) is 7.51. The van der Waals surface area contributed by atoms with Crippen LogP contribution < -0.4 is 14.8 Å². The van der Waals surface area contributed by atoms with Crippen molar-refractivity contribution in [1.82, 2.24) is 9.88 Å². The molecule has 13 heteroatoms. The molecule has 1 aliphatic rings. The van der Waals surface area contributed by atoms with Gasteiger partial charge in [-0.1, -0.05) is 66.8 Å². The first-order valence-corrected chi connectivity index (χ1v) is 16.4. The Balaban J connectivity index is 1.23. The molecule has 6 rings (SSSR count). The highest BCUT2D eigenvalue weighted by atomic mass is 32.2. The number of amides is 1.